The average molecular weight is 335 g/mol. The molecule has 1 aromatic heterocycles. The first-order valence-electron chi connectivity index (χ1n) is 7.94. The Bertz CT molecular complexity index is 576. The Morgan fingerprint density at radius 1 is 1.38 bits per heavy atom. The van der Waals surface area contributed by atoms with E-state index >= 15 is 0 Å². The van der Waals surface area contributed by atoms with Gasteiger partial charge in [0.1, 0.15) is 0 Å². The zero-order chi connectivity index (χ0) is 17.7. The summed E-state index contributed by atoms with van der Waals surface area (Å²) in [6.45, 7) is 0.924. The molecule has 8 nitrogen and oxygen atoms in total. The summed E-state index contributed by atoms with van der Waals surface area (Å²) in [4.78, 5) is 31.4. The summed E-state index contributed by atoms with van der Waals surface area (Å²) in [7, 11) is 5.43. The molecule has 0 aliphatic carbocycles. The molecule has 1 fully saturated rings. The number of carbonyl (C=O) groups is 2. The molecule has 0 bridgehead atoms. The van der Waals surface area contributed by atoms with Gasteiger partial charge in [-0.15, -0.1) is 0 Å². The van der Waals surface area contributed by atoms with Crippen LogP contribution in [0, 0.1) is 5.92 Å². The Morgan fingerprint density at radius 3 is 2.71 bits per heavy atom. The minimum atomic E-state index is -0.675. The van der Waals surface area contributed by atoms with Gasteiger partial charge in [0.05, 0.1) is 30.2 Å². The Morgan fingerprint density at radius 2 is 2.12 bits per heavy atom. The van der Waals surface area contributed by atoms with Crippen molar-refractivity contribution in [2.45, 2.75) is 19.1 Å². The Balaban J connectivity index is 1.83. The molecule has 132 valence electrons. The number of pyridine rings is 1. The molecule has 2 heterocycles. The first-order chi connectivity index (χ1) is 11.4. The topological polar surface area (TPSA) is 97.8 Å². The number of rotatable bonds is 5. The van der Waals surface area contributed by atoms with Crippen molar-refractivity contribution in [2.24, 2.45) is 5.92 Å². The van der Waals surface area contributed by atoms with Gasteiger partial charge in [-0.2, -0.15) is 0 Å². The summed E-state index contributed by atoms with van der Waals surface area (Å²) in [6, 6.07) is 3.54. The summed E-state index contributed by atoms with van der Waals surface area (Å²) in [6.07, 6.45) is 1.29. The molecule has 3 amide bonds. The minimum Gasteiger partial charge on any atom is -0.391 e. The molecule has 2 atom stereocenters. The maximum absolute atomic E-state index is 12.2. The third-order valence-electron chi connectivity index (χ3n) is 4.17. The van der Waals surface area contributed by atoms with Crippen molar-refractivity contribution >= 4 is 17.6 Å². The molecule has 24 heavy (non-hydrogen) atoms. The van der Waals surface area contributed by atoms with Crippen LogP contribution in [0.25, 0.3) is 0 Å². The van der Waals surface area contributed by atoms with Crippen LogP contribution in [0.1, 0.15) is 12.1 Å². The number of nitrogens with zero attached hydrogens (tertiary/aromatic N) is 3. The molecule has 8 heteroatoms. The van der Waals surface area contributed by atoms with Crippen molar-refractivity contribution in [1.29, 1.82) is 0 Å². The number of aliphatic hydroxyl groups is 1. The van der Waals surface area contributed by atoms with Crippen molar-refractivity contribution < 1.29 is 14.7 Å². The van der Waals surface area contributed by atoms with Crippen molar-refractivity contribution in [3.63, 3.8) is 0 Å². The SMILES string of the molecule is CNC(=O)C[C@@H]1CN(C(=O)NCc2ccc(N(C)C)cn2)C[C@H]1O. The van der Waals surface area contributed by atoms with Crippen molar-refractivity contribution in [3.8, 4) is 0 Å². The highest BCUT2D eigenvalue weighted by Crippen LogP contribution is 2.20. The summed E-state index contributed by atoms with van der Waals surface area (Å²) in [5.41, 5.74) is 1.75. The highest BCUT2D eigenvalue weighted by molar-refractivity contribution is 5.77. The minimum absolute atomic E-state index is 0.133. The van der Waals surface area contributed by atoms with Gasteiger partial charge in [-0.25, -0.2) is 4.79 Å². The van der Waals surface area contributed by atoms with Crippen LogP contribution in [0.4, 0.5) is 10.5 Å². The summed E-state index contributed by atoms with van der Waals surface area (Å²) in [5.74, 6) is -0.361. The number of β-amino-alcohol motifs (C(OH)–C–C–N with tert-alkyl or cyclic N) is 1. The van der Waals surface area contributed by atoms with Crippen LogP contribution in [0.5, 0.6) is 0 Å². The summed E-state index contributed by atoms with van der Waals surface area (Å²) < 4.78 is 0. The number of amides is 3. The largest absolute Gasteiger partial charge is 0.391 e. The first kappa shape index (κ1) is 18.0. The number of nitrogens with one attached hydrogen (secondary N) is 2. The fourth-order valence-electron chi connectivity index (χ4n) is 2.62. The van der Waals surface area contributed by atoms with Crippen LogP contribution < -0.4 is 15.5 Å². The van der Waals surface area contributed by atoms with Crippen LogP contribution in [-0.2, 0) is 11.3 Å². The molecular weight excluding hydrogens is 310 g/mol. The molecular formula is C16H25N5O3. The van der Waals surface area contributed by atoms with Crippen LogP contribution in [-0.4, -0.2) is 67.3 Å². The van der Waals surface area contributed by atoms with Gasteiger partial charge in [0, 0.05) is 46.6 Å². The lowest BCUT2D eigenvalue weighted by Crippen LogP contribution is -2.38. The predicted molar refractivity (Wildman–Crippen MR) is 90.6 cm³/mol. The number of carbonyl (C=O) groups excluding carboxylic acids is 2. The molecule has 0 spiro atoms. The number of likely N-dealkylation sites (tertiary alicyclic amines) is 1. The van der Waals surface area contributed by atoms with Crippen molar-refractivity contribution in [1.82, 2.24) is 20.5 Å². The predicted octanol–water partition coefficient (Wildman–Crippen LogP) is -0.214. The molecule has 3 N–H and O–H groups in total. The third-order valence-corrected chi connectivity index (χ3v) is 4.17. The van der Waals surface area contributed by atoms with Gasteiger partial charge in [0.15, 0.2) is 0 Å². The lowest BCUT2D eigenvalue weighted by molar-refractivity contribution is -0.122. The fraction of sp³-hybridized carbons (Fsp3) is 0.562. The molecule has 1 saturated heterocycles. The van der Waals surface area contributed by atoms with Gasteiger partial charge in [0.25, 0.3) is 0 Å². The van der Waals surface area contributed by atoms with Gasteiger partial charge in [-0.05, 0) is 12.1 Å². The molecule has 2 rings (SSSR count). The van der Waals surface area contributed by atoms with Crippen molar-refractivity contribution in [2.75, 3.05) is 39.1 Å². The monoisotopic (exact) mass is 335 g/mol. The molecule has 1 aliphatic heterocycles. The normalized spacial score (nSPS) is 19.9. The van der Waals surface area contributed by atoms with Crippen LogP contribution in [0.3, 0.4) is 0 Å². The molecule has 1 aromatic rings. The van der Waals surface area contributed by atoms with Gasteiger partial charge in [-0.1, -0.05) is 0 Å². The lowest BCUT2D eigenvalue weighted by atomic mass is 10.0. The smallest absolute Gasteiger partial charge is 0.317 e. The zero-order valence-electron chi connectivity index (χ0n) is 14.3. The Hall–Kier alpha value is -2.35. The van der Waals surface area contributed by atoms with Gasteiger partial charge in [-0.3, -0.25) is 9.78 Å². The van der Waals surface area contributed by atoms with E-state index in [4.69, 9.17) is 0 Å². The van der Waals surface area contributed by atoms with Gasteiger partial charge < -0.3 is 25.5 Å². The highest BCUT2D eigenvalue weighted by Gasteiger charge is 2.34. The highest BCUT2D eigenvalue weighted by atomic mass is 16.3. The van der Waals surface area contributed by atoms with Gasteiger partial charge >= 0.3 is 6.03 Å². The van der Waals surface area contributed by atoms with Crippen LogP contribution in [0.2, 0.25) is 0 Å². The van der Waals surface area contributed by atoms with E-state index in [0.29, 0.717) is 13.1 Å². The zero-order valence-corrected chi connectivity index (χ0v) is 14.3. The number of hydrogen-bond donors (Lipinski definition) is 3. The molecule has 0 unspecified atom stereocenters. The quantitative estimate of drug-likeness (QED) is 0.691. The molecule has 1 aliphatic rings. The average Bonchev–Trinajstić information content (AvgIpc) is 2.93. The third kappa shape index (κ3) is 4.58. The second kappa shape index (κ2) is 7.96. The molecule has 0 saturated carbocycles. The van der Waals surface area contributed by atoms with E-state index in [1.807, 2.05) is 31.1 Å². The number of anilines is 1. The maximum Gasteiger partial charge on any atom is 0.317 e. The second-order valence-electron chi connectivity index (χ2n) is 6.17. The summed E-state index contributed by atoms with van der Waals surface area (Å²) in [5, 5.41) is 15.3. The van der Waals surface area contributed by atoms with E-state index < -0.39 is 6.10 Å². The second-order valence-corrected chi connectivity index (χ2v) is 6.17. The lowest BCUT2D eigenvalue weighted by Gasteiger charge is -2.17. The van der Waals surface area contributed by atoms with E-state index in [2.05, 4.69) is 15.6 Å². The summed E-state index contributed by atoms with van der Waals surface area (Å²) >= 11 is 0. The van der Waals surface area contributed by atoms with E-state index in [1.165, 1.54) is 4.90 Å². The first-order valence-corrected chi connectivity index (χ1v) is 7.94. The molecule has 0 aromatic carbocycles. The van der Waals surface area contributed by atoms with Crippen LogP contribution >= 0.6 is 0 Å². The number of aliphatic hydroxyl groups excluding tert-OH is 1. The number of urea groups is 1. The molecule has 0 radical (unpaired) electrons. The fourth-order valence-corrected chi connectivity index (χ4v) is 2.62. The van der Waals surface area contributed by atoms with Crippen molar-refractivity contribution in [3.05, 3.63) is 24.0 Å². The number of hydrogen-bond acceptors (Lipinski definition) is 5. The Labute approximate surface area is 141 Å². The Kier molecular flexibility index (Phi) is 5.97. The van der Waals surface area contributed by atoms with E-state index in [1.54, 1.807) is 13.2 Å². The standard InChI is InChI=1S/C16H25N5O3/c1-17-15(23)6-11-9-21(10-14(11)22)16(24)19-7-12-4-5-13(8-18-12)20(2)3/h4-5,8,11,14,22H,6-7,9-10H2,1-3H3,(H,17,23)(H,19,24)/t11-,14-/m1/s1. The van der Waals surface area contributed by atoms with E-state index in [9.17, 15) is 14.7 Å². The maximum atomic E-state index is 12.2. The van der Waals surface area contributed by atoms with Crippen LogP contribution in [0.15, 0.2) is 18.3 Å². The van der Waals surface area contributed by atoms with E-state index in [0.717, 1.165) is 11.4 Å². The van der Waals surface area contributed by atoms with E-state index in [-0.39, 0.29) is 30.8 Å². The van der Waals surface area contributed by atoms with Gasteiger partial charge in [0.2, 0.25) is 5.91 Å². The number of aromatic nitrogens is 1.